The van der Waals surface area contributed by atoms with Gasteiger partial charge in [-0.3, -0.25) is 0 Å². The lowest BCUT2D eigenvalue weighted by atomic mass is 10.1. The summed E-state index contributed by atoms with van der Waals surface area (Å²) in [5, 5.41) is 0.00659. The van der Waals surface area contributed by atoms with Crippen LogP contribution in [0.2, 0.25) is 5.02 Å². The van der Waals surface area contributed by atoms with Crippen molar-refractivity contribution in [2.24, 2.45) is 0 Å². The predicted octanol–water partition coefficient (Wildman–Crippen LogP) is 4.69. The van der Waals surface area contributed by atoms with E-state index in [0.29, 0.717) is 24.5 Å². The van der Waals surface area contributed by atoms with Crippen LogP contribution in [0.5, 0.6) is 0 Å². The van der Waals surface area contributed by atoms with Gasteiger partial charge in [0.05, 0.1) is 18.2 Å². The van der Waals surface area contributed by atoms with Crippen molar-refractivity contribution in [3.8, 4) is 0 Å². The lowest BCUT2D eigenvalue weighted by Crippen LogP contribution is -2.13. The first-order chi connectivity index (χ1) is 9.60. The second-order valence-corrected chi connectivity index (χ2v) is 5.08. The van der Waals surface area contributed by atoms with Gasteiger partial charge in [-0.25, -0.2) is 4.39 Å². The van der Waals surface area contributed by atoms with E-state index in [4.69, 9.17) is 26.8 Å². The molecule has 0 saturated carbocycles. The number of ether oxygens (including phenoxy) is 2. The van der Waals surface area contributed by atoms with E-state index < -0.39 is 12.1 Å². The fraction of sp³-hybridized carbons (Fsp3) is 0.600. The van der Waals surface area contributed by atoms with Crippen LogP contribution in [0.3, 0.4) is 0 Å². The van der Waals surface area contributed by atoms with Crippen LogP contribution in [0.1, 0.15) is 51.4 Å². The molecule has 2 N–H and O–H groups in total. The largest absolute Gasteiger partial charge is 0.398 e. The Balaban J connectivity index is 2.81. The molecule has 3 nitrogen and oxygen atoms in total. The Morgan fingerprint density at radius 2 is 1.70 bits per heavy atom. The van der Waals surface area contributed by atoms with Gasteiger partial charge in [0.2, 0.25) is 0 Å². The highest BCUT2D eigenvalue weighted by atomic mass is 35.5. The highest BCUT2D eigenvalue weighted by Crippen LogP contribution is 2.30. The molecule has 0 amide bonds. The van der Waals surface area contributed by atoms with Crippen molar-refractivity contribution in [1.29, 1.82) is 0 Å². The van der Waals surface area contributed by atoms with E-state index in [2.05, 4.69) is 13.8 Å². The molecule has 114 valence electrons. The molecule has 1 aromatic rings. The second kappa shape index (κ2) is 9.16. The maximum Gasteiger partial charge on any atom is 0.185 e. The number of benzene rings is 1. The van der Waals surface area contributed by atoms with Gasteiger partial charge in [0.25, 0.3) is 0 Å². The molecule has 0 saturated heterocycles. The van der Waals surface area contributed by atoms with Gasteiger partial charge in [-0.1, -0.05) is 38.3 Å². The normalized spacial score (nSPS) is 11.2. The van der Waals surface area contributed by atoms with Crippen LogP contribution in [0.15, 0.2) is 12.1 Å². The van der Waals surface area contributed by atoms with Crippen LogP contribution in [0.25, 0.3) is 0 Å². The fourth-order valence-electron chi connectivity index (χ4n) is 1.68. The summed E-state index contributed by atoms with van der Waals surface area (Å²) >= 11 is 5.71. The first-order valence-corrected chi connectivity index (χ1v) is 7.45. The summed E-state index contributed by atoms with van der Waals surface area (Å²) in [5.41, 5.74) is 6.77. The molecule has 5 heteroatoms. The van der Waals surface area contributed by atoms with Crippen LogP contribution < -0.4 is 5.73 Å². The van der Waals surface area contributed by atoms with E-state index in [1.54, 1.807) is 0 Å². The lowest BCUT2D eigenvalue weighted by molar-refractivity contribution is -0.147. The van der Waals surface area contributed by atoms with Crippen LogP contribution in [0, 0.1) is 5.82 Å². The van der Waals surface area contributed by atoms with Crippen molar-refractivity contribution in [2.45, 2.75) is 45.8 Å². The minimum Gasteiger partial charge on any atom is -0.398 e. The van der Waals surface area contributed by atoms with Crippen LogP contribution in [-0.4, -0.2) is 13.2 Å². The van der Waals surface area contributed by atoms with E-state index in [-0.39, 0.29) is 5.02 Å². The second-order valence-electron chi connectivity index (χ2n) is 4.68. The molecule has 0 fully saturated rings. The molecule has 20 heavy (non-hydrogen) atoms. The van der Waals surface area contributed by atoms with E-state index in [1.165, 1.54) is 12.1 Å². The molecule has 0 radical (unpaired) electrons. The summed E-state index contributed by atoms with van der Waals surface area (Å²) in [7, 11) is 0. The van der Waals surface area contributed by atoms with Gasteiger partial charge in [-0.15, -0.1) is 0 Å². The smallest absolute Gasteiger partial charge is 0.185 e. The van der Waals surface area contributed by atoms with Crippen molar-refractivity contribution in [2.75, 3.05) is 18.9 Å². The summed E-state index contributed by atoms with van der Waals surface area (Å²) in [6.07, 6.45) is 3.24. The van der Waals surface area contributed by atoms with Crippen LogP contribution in [-0.2, 0) is 9.47 Å². The number of anilines is 1. The van der Waals surface area contributed by atoms with Crippen molar-refractivity contribution in [3.63, 3.8) is 0 Å². The third kappa shape index (κ3) is 5.27. The number of hydrogen-bond acceptors (Lipinski definition) is 3. The zero-order valence-electron chi connectivity index (χ0n) is 12.1. The predicted molar refractivity (Wildman–Crippen MR) is 80.3 cm³/mol. The van der Waals surface area contributed by atoms with Crippen LogP contribution in [0.4, 0.5) is 10.1 Å². The summed E-state index contributed by atoms with van der Waals surface area (Å²) in [6.45, 7) is 5.26. The summed E-state index contributed by atoms with van der Waals surface area (Å²) in [5.74, 6) is -0.515. The molecule has 0 atom stereocenters. The third-order valence-electron chi connectivity index (χ3n) is 2.91. The van der Waals surface area contributed by atoms with Crippen molar-refractivity contribution in [1.82, 2.24) is 0 Å². The van der Waals surface area contributed by atoms with Gasteiger partial charge in [-0.2, -0.15) is 0 Å². The Morgan fingerprint density at radius 1 is 1.15 bits per heavy atom. The third-order valence-corrected chi connectivity index (χ3v) is 3.20. The molecular formula is C15H23ClFNO2. The molecule has 0 aliphatic rings. The molecule has 0 spiro atoms. The van der Waals surface area contributed by atoms with E-state index in [0.717, 1.165) is 25.7 Å². The molecule has 0 unspecified atom stereocenters. The Bertz CT molecular complexity index is 405. The van der Waals surface area contributed by atoms with Gasteiger partial charge in [0, 0.05) is 11.3 Å². The molecule has 0 aromatic heterocycles. The molecular weight excluding hydrogens is 281 g/mol. The standard InChI is InChI=1S/C15H23ClFNO2/c1-3-5-7-19-15(20-8-6-4-2)11-9-13(17)12(16)10-14(11)18/h9-10,15H,3-8,18H2,1-2H3. The zero-order valence-corrected chi connectivity index (χ0v) is 12.9. The monoisotopic (exact) mass is 303 g/mol. The van der Waals surface area contributed by atoms with Gasteiger partial charge >= 0.3 is 0 Å². The van der Waals surface area contributed by atoms with Gasteiger partial charge < -0.3 is 15.2 Å². The van der Waals surface area contributed by atoms with Crippen LogP contribution >= 0.6 is 11.6 Å². The number of unbranched alkanes of at least 4 members (excludes halogenated alkanes) is 2. The minimum absolute atomic E-state index is 0.00659. The van der Waals surface area contributed by atoms with Gasteiger partial charge in [-0.05, 0) is 25.0 Å². The molecule has 0 aliphatic carbocycles. The van der Waals surface area contributed by atoms with E-state index >= 15 is 0 Å². The number of hydrogen-bond donors (Lipinski definition) is 1. The highest BCUT2D eigenvalue weighted by Gasteiger charge is 2.18. The molecule has 0 heterocycles. The molecule has 0 bridgehead atoms. The maximum atomic E-state index is 13.6. The van der Waals surface area contributed by atoms with Crippen molar-refractivity contribution < 1.29 is 13.9 Å². The van der Waals surface area contributed by atoms with E-state index in [9.17, 15) is 4.39 Å². The molecule has 0 aliphatic heterocycles. The zero-order chi connectivity index (χ0) is 15.0. The average Bonchev–Trinajstić information content (AvgIpc) is 2.42. The number of nitrogen functional groups attached to an aromatic ring is 1. The van der Waals surface area contributed by atoms with Gasteiger partial charge in [0.1, 0.15) is 5.82 Å². The first kappa shape index (κ1) is 17.2. The summed E-state index contributed by atoms with van der Waals surface area (Å²) in [4.78, 5) is 0. The maximum absolute atomic E-state index is 13.6. The quantitative estimate of drug-likeness (QED) is 0.409. The van der Waals surface area contributed by atoms with Crippen molar-refractivity contribution in [3.05, 3.63) is 28.5 Å². The Kier molecular flexibility index (Phi) is 7.88. The summed E-state index contributed by atoms with van der Waals surface area (Å²) < 4.78 is 25.0. The Labute approximate surface area is 125 Å². The fourth-order valence-corrected chi connectivity index (χ4v) is 1.85. The topological polar surface area (TPSA) is 44.5 Å². The Hall–Kier alpha value is -0.840. The number of halogens is 2. The first-order valence-electron chi connectivity index (χ1n) is 7.07. The van der Waals surface area contributed by atoms with Crippen molar-refractivity contribution >= 4 is 17.3 Å². The summed E-state index contributed by atoms with van der Waals surface area (Å²) in [6, 6.07) is 2.69. The number of rotatable bonds is 9. The average molecular weight is 304 g/mol. The molecule has 1 rings (SSSR count). The Morgan fingerprint density at radius 3 is 2.20 bits per heavy atom. The minimum atomic E-state index is -0.639. The molecule has 1 aromatic carbocycles. The van der Waals surface area contributed by atoms with Gasteiger partial charge in [0.15, 0.2) is 6.29 Å². The highest BCUT2D eigenvalue weighted by molar-refractivity contribution is 6.31. The number of nitrogens with two attached hydrogens (primary N) is 1. The SMILES string of the molecule is CCCCOC(OCCCC)c1cc(F)c(Cl)cc1N. The lowest BCUT2D eigenvalue weighted by Gasteiger charge is -2.20. The van der Waals surface area contributed by atoms with E-state index in [1.807, 2.05) is 0 Å².